The van der Waals surface area contributed by atoms with E-state index in [2.05, 4.69) is 0 Å². The van der Waals surface area contributed by atoms with E-state index in [1.165, 1.54) is 0 Å². The molecule has 1 atom stereocenters. The van der Waals surface area contributed by atoms with E-state index in [0.717, 1.165) is 5.56 Å². The van der Waals surface area contributed by atoms with Crippen LogP contribution in [0, 0.1) is 0 Å². The van der Waals surface area contributed by atoms with Gasteiger partial charge in [0.25, 0.3) is 0 Å². The second-order valence-electron chi connectivity index (χ2n) is 2.93. The summed E-state index contributed by atoms with van der Waals surface area (Å²) >= 11 is 0. The Morgan fingerprint density at radius 1 is 1.21 bits per heavy atom. The molecule has 4 nitrogen and oxygen atoms in total. The van der Waals surface area contributed by atoms with E-state index in [4.69, 9.17) is 20.7 Å². The molecule has 0 heterocycles. The monoisotopic (exact) mass is 197 g/mol. The molecule has 0 aliphatic rings. The third-order valence-electron chi connectivity index (χ3n) is 1.86. The lowest BCUT2D eigenvalue weighted by Gasteiger charge is -2.09. The highest BCUT2D eigenvalue weighted by molar-refractivity contribution is 5.29. The molecule has 0 aromatic heterocycles. The van der Waals surface area contributed by atoms with Crippen LogP contribution in [0.25, 0.3) is 0 Å². The van der Waals surface area contributed by atoms with Crippen molar-refractivity contribution in [2.45, 2.75) is 6.04 Å². The molecule has 1 aromatic rings. The second kappa shape index (κ2) is 5.59. The molecule has 1 aromatic carbocycles. The summed E-state index contributed by atoms with van der Waals surface area (Å²) in [6, 6.07) is 6.78. The Kier molecular flexibility index (Phi) is 4.39. The zero-order valence-electron chi connectivity index (χ0n) is 7.89. The van der Waals surface area contributed by atoms with Gasteiger partial charge in [0.05, 0.1) is 19.3 Å². The van der Waals surface area contributed by atoms with Gasteiger partial charge in [-0.15, -0.1) is 0 Å². The summed E-state index contributed by atoms with van der Waals surface area (Å²) in [6.45, 7) is 0.208. The predicted molar refractivity (Wildman–Crippen MR) is 53.0 cm³/mol. The van der Waals surface area contributed by atoms with Crippen LogP contribution in [0.15, 0.2) is 24.3 Å². The Labute approximate surface area is 82.9 Å². The summed E-state index contributed by atoms with van der Waals surface area (Å²) in [5.41, 5.74) is 6.48. The van der Waals surface area contributed by atoms with Crippen molar-refractivity contribution >= 4 is 0 Å². The van der Waals surface area contributed by atoms with Crippen LogP contribution in [-0.2, 0) is 0 Å². The number of rotatable bonds is 5. The number of nitrogens with two attached hydrogens (primary N) is 1. The fourth-order valence-electron chi connectivity index (χ4n) is 1.08. The molecular formula is C10H15NO3. The van der Waals surface area contributed by atoms with Crippen LogP contribution in [0.5, 0.6) is 5.75 Å². The van der Waals surface area contributed by atoms with E-state index < -0.39 is 0 Å². The maximum Gasteiger partial charge on any atom is 0.119 e. The van der Waals surface area contributed by atoms with Crippen LogP contribution in [0.1, 0.15) is 11.6 Å². The minimum atomic E-state index is -0.345. The third kappa shape index (κ3) is 2.99. The largest absolute Gasteiger partial charge is 0.491 e. The van der Waals surface area contributed by atoms with Crippen molar-refractivity contribution in [1.82, 2.24) is 0 Å². The van der Waals surface area contributed by atoms with Gasteiger partial charge >= 0.3 is 0 Å². The smallest absolute Gasteiger partial charge is 0.119 e. The van der Waals surface area contributed by atoms with E-state index in [9.17, 15) is 0 Å². The Hall–Kier alpha value is -1.10. The zero-order valence-corrected chi connectivity index (χ0v) is 7.89. The number of hydrogen-bond donors (Lipinski definition) is 3. The molecule has 0 saturated heterocycles. The average Bonchev–Trinajstić information content (AvgIpc) is 2.26. The summed E-state index contributed by atoms with van der Waals surface area (Å²) in [7, 11) is 0. The Balaban J connectivity index is 2.59. The fourth-order valence-corrected chi connectivity index (χ4v) is 1.08. The lowest BCUT2D eigenvalue weighted by Crippen LogP contribution is -2.14. The normalized spacial score (nSPS) is 12.5. The highest BCUT2D eigenvalue weighted by atomic mass is 16.5. The van der Waals surface area contributed by atoms with E-state index in [-0.39, 0.29) is 25.9 Å². The van der Waals surface area contributed by atoms with Crippen molar-refractivity contribution in [3.63, 3.8) is 0 Å². The highest BCUT2D eigenvalue weighted by Gasteiger charge is 2.03. The van der Waals surface area contributed by atoms with Crippen LogP contribution < -0.4 is 10.5 Å². The van der Waals surface area contributed by atoms with Crippen molar-refractivity contribution < 1.29 is 14.9 Å². The van der Waals surface area contributed by atoms with Crippen LogP contribution in [-0.4, -0.2) is 30.0 Å². The van der Waals surface area contributed by atoms with Gasteiger partial charge in [-0.05, 0) is 17.7 Å². The fraction of sp³-hybridized carbons (Fsp3) is 0.400. The minimum Gasteiger partial charge on any atom is -0.491 e. The van der Waals surface area contributed by atoms with E-state index in [1.807, 2.05) is 0 Å². The summed E-state index contributed by atoms with van der Waals surface area (Å²) < 4.78 is 5.17. The van der Waals surface area contributed by atoms with Crippen molar-refractivity contribution in [1.29, 1.82) is 0 Å². The number of benzene rings is 1. The van der Waals surface area contributed by atoms with Crippen LogP contribution in [0.2, 0.25) is 0 Å². The molecule has 0 bridgehead atoms. The van der Waals surface area contributed by atoms with Crippen molar-refractivity contribution in [3.8, 4) is 5.75 Å². The maximum absolute atomic E-state index is 8.81. The van der Waals surface area contributed by atoms with Crippen LogP contribution in [0.3, 0.4) is 0 Å². The topological polar surface area (TPSA) is 75.7 Å². The molecule has 78 valence electrons. The summed E-state index contributed by atoms with van der Waals surface area (Å²) in [5.74, 6) is 0.688. The van der Waals surface area contributed by atoms with Crippen molar-refractivity contribution in [2.24, 2.45) is 5.73 Å². The summed E-state index contributed by atoms with van der Waals surface area (Å²) in [4.78, 5) is 0. The molecule has 14 heavy (non-hydrogen) atoms. The zero-order chi connectivity index (χ0) is 10.4. The van der Waals surface area contributed by atoms with Gasteiger partial charge in [0.1, 0.15) is 12.4 Å². The van der Waals surface area contributed by atoms with Gasteiger partial charge in [-0.3, -0.25) is 0 Å². The van der Waals surface area contributed by atoms with Crippen molar-refractivity contribution in [3.05, 3.63) is 29.8 Å². The molecule has 0 fully saturated rings. The first-order valence-corrected chi connectivity index (χ1v) is 4.48. The van der Waals surface area contributed by atoms with E-state index in [1.54, 1.807) is 24.3 Å². The first kappa shape index (κ1) is 11.0. The lowest BCUT2D eigenvalue weighted by atomic mass is 10.1. The Morgan fingerprint density at radius 3 is 2.36 bits per heavy atom. The Bertz CT molecular complexity index is 261. The highest BCUT2D eigenvalue weighted by Crippen LogP contribution is 2.15. The van der Waals surface area contributed by atoms with Crippen LogP contribution in [0.4, 0.5) is 0 Å². The minimum absolute atomic E-state index is 0.00208. The molecule has 0 spiro atoms. The number of hydrogen-bond acceptors (Lipinski definition) is 4. The number of ether oxygens (including phenoxy) is 1. The first-order chi connectivity index (χ1) is 6.77. The second-order valence-corrected chi connectivity index (χ2v) is 2.93. The lowest BCUT2D eigenvalue weighted by molar-refractivity contribution is 0.201. The van der Waals surface area contributed by atoms with E-state index in [0.29, 0.717) is 5.75 Å². The van der Waals surface area contributed by atoms with E-state index >= 15 is 0 Å². The molecule has 0 unspecified atom stereocenters. The van der Waals surface area contributed by atoms with Gasteiger partial charge in [-0.2, -0.15) is 0 Å². The molecule has 4 N–H and O–H groups in total. The summed E-state index contributed by atoms with van der Waals surface area (Å²) in [5, 5.41) is 17.3. The third-order valence-corrected chi connectivity index (χ3v) is 1.86. The standard InChI is InChI=1S/C10H15NO3/c11-10(7-13)8-1-3-9(4-2-8)14-6-5-12/h1-4,10,12-13H,5-7,11H2/t10-/m1/s1. The molecule has 0 aliphatic heterocycles. The number of aliphatic hydroxyl groups is 2. The van der Waals surface area contributed by atoms with Gasteiger partial charge in [0, 0.05) is 0 Å². The maximum atomic E-state index is 8.81. The van der Waals surface area contributed by atoms with Gasteiger partial charge in [-0.1, -0.05) is 12.1 Å². The molecular weight excluding hydrogens is 182 g/mol. The van der Waals surface area contributed by atoms with Gasteiger partial charge < -0.3 is 20.7 Å². The predicted octanol–water partition coefficient (Wildman–Crippen LogP) is 0.0498. The average molecular weight is 197 g/mol. The molecule has 0 amide bonds. The van der Waals surface area contributed by atoms with Gasteiger partial charge in [-0.25, -0.2) is 0 Å². The molecule has 4 heteroatoms. The number of aliphatic hydroxyl groups excluding tert-OH is 2. The SMILES string of the molecule is N[C@H](CO)c1ccc(OCCO)cc1. The van der Waals surface area contributed by atoms with Crippen LogP contribution >= 0.6 is 0 Å². The molecule has 1 rings (SSSR count). The van der Waals surface area contributed by atoms with Gasteiger partial charge in [0.2, 0.25) is 0 Å². The van der Waals surface area contributed by atoms with Crippen molar-refractivity contribution in [2.75, 3.05) is 19.8 Å². The summed E-state index contributed by atoms with van der Waals surface area (Å²) in [6.07, 6.45) is 0. The molecule has 0 saturated carbocycles. The molecule has 0 radical (unpaired) electrons. The quantitative estimate of drug-likeness (QED) is 0.623. The molecule has 0 aliphatic carbocycles. The van der Waals surface area contributed by atoms with Gasteiger partial charge in [0.15, 0.2) is 0 Å². The first-order valence-electron chi connectivity index (χ1n) is 4.48. The Morgan fingerprint density at radius 2 is 1.86 bits per heavy atom.